The molecule has 0 radical (unpaired) electrons. The van der Waals surface area contributed by atoms with Gasteiger partial charge < -0.3 is 0 Å². The molecule has 0 unspecified atom stereocenters. The predicted molar refractivity (Wildman–Crippen MR) is 64.3 cm³/mol. The van der Waals surface area contributed by atoms with Crippen molar-refractivity contribution in [1.29, 1.82) is 0 Å². The zero-order valence-electron chi connectivity index (χ0n) is 8.54. The molecule has 1 N–H and O–H groups in total. The summed E-state index contributed by atoms with van der Waals surface area (Å²) >= 11 is 5.60. The number of aromatic nitrogens is 2. The molecule has 1 aromatic carbocycles. The van der Waals surface area contributed by atoms with E-state index in [4.69, 9.17) is 11.6 Å². The molecule has 0 aliphatic rings. The zero-order valence-corrected chi connectivity index (χ0v) is 10.1. The molecule has 0 bridgehead atoms. The summed E-state index contributed by atoms with van der Waals surface area (Å²) in [6.45, 7) is 0. The number of benzene rings is 1. The summed E-state index contributed by atoms with van der Waals surface area (Å²) in [6.07, 6.45) is 2.63. The molecule has 0 fully saturated rings. The standard InChI is InChI=1S/C10H8ClN3O2S/c11-8-6-12-10(13-7-8)14-17(15,16)9-4-2-1-3-5-9/h1-7H,(H,12,13,14). The summed E-state index contributed by atoms with van der Waals surface area (Å²) in [7, 11) is -3.64. The van der Waals surface area contributed by atoms with Crippen molar-refractivity contribution in [2.45, 2.75) is 4.90 Å². The fourth-order valence-electron chi connectivity index (χ4n) is 1.14. The molecule has 2 rings (SSSR count). The third-order valence-electron chi connectivity index (χ3n) is 1.90. The molecular formula is C10H8ClN3O2S. The highest BCUT2D eigenvalue weighted by Crippen LogP contribution is 2.13. The van der Waals surface area contributed by atoms with Gasteiger partial charge in [-0.3, -0.25) is 0 Å². The van der Waals surface area contributed by atoms with E-state index < -0.39 is 10.0 Å². The average molecular weight is 270 g/mol. The van der Waals surface area contributed by atoms with E-state index in [2.05, 4.69) is 14.7 Å². The number of anilines is 1. The summed E-state index contributed by atoms with van der Waals surface area (Å²) in [5.74, 6) is -0.0155. The number of nitrogens with zero attached hydrogens (tertiary/aromatic N) is 2. The fraction of sp³-hybridized carbons (Fsp3) is 0. The van der Waals surface area contributed by atoms with Crippen molar-refractivity contribution in [3.8, 4) is 0 Å². The number of hydrogen-bond acceptors (Lipinski definition) is 4. The maximum absolute atomic E-state index is 11.9. The number of nitrogens with one attached hydrogen (secondary N) is 1. The van der Waals surface area contributed by atoms with E-state index in [0.717, 1.165) is 0 Å². The molecular weight excluding hydrogens is 262 g/mol. The smallest absolute Gasteiger partial charge is 0.247 e. The molecule has 2 aromatic rings. The van der Waals surface area contributed by atoms with Crippen molar-refractivity contribution >= 4 is 27.6 Å². The van der Waals surface area contributed by atoms with Crippen LogP contribution in [-0.4, -0.2) is 18.4 Å². The molecule has 1 aromatic heterocycles. The molecule has 17 heavy (non-hydrogen) atoms. The fourth-order valence-corrected chi connectivity index (χ4v) is 2.22. The average Bonchev–Trinajstić information content (AvgIpc) is 2.33. The van der Waals surface area contributed by atoms with Crippen LogP contribution in [0.1, 0.15) is 0 Å². The van der Waals surface area contributed by atoms with Crippen LogP contribution in [-0.2, 0) is 10.0 Å². The van der Waals surface area contributed by atoms with Gasteiger partial charge in [0.25, 0.3) is 10.0 Å². The quantitative estimate of drug-likeness (QED) is 0.924. The van der Waals surface area contributed by atoms with Crippen molar-refractivity contribution in [1.82, 2.24) is 9.97 Å². The lowest BCUT2D eigenvalue weighted by atomic mass is 10.4. The van der Waals surface area contributed by atoms with Gasteiger partial charge in [0, 0.05) is 0 Å². The normalized spacial score (nSPS) is 11.1. The van der Waals surface area contributed by atoms with Crippen molar-refractivity contribution in [2.24, 2.45) is 0 Å². The van der Waals surface area contributed by atoms with E-state index >= 15 is 0 Å². The highest BCUT2D eigenvalue weighted by atomic mass is 35.5. The van der Waals surface area contributed by atoms with Crippen molar-refractivity contribution in [3.63, 3.8) is 0 Å². The second-order valence-corrected chi connectivity index (χ2v) is 5.26. The van der Waals surface area contributed by atoms with Crippen LogP contribution in [0.4, 0.5) is 5.95 Å². The molecule has 0 aliphatic carbocycles. The minimum absolute atomic E-state index is 0.0155. The highest BCUT2D eigenvalue weighted by Gasteiger charge is 2.14. The lowest BCUT2D eigenvalue weighted by molar-refractivity contribution is 0.601. The maximum atomic E-state index is 11.9. The number of sulfonamides is 1. The molecule has 0 spiro atoms. The SMILES string of the molecule is O=S(=O)(Nc1ncc(Cl)cn1)c1ccccc1. The van der Waals surface area contributed by atoms with Gasteiger partial charge in [0.15, 0.2) is 0 Å². The largest absolute Gasteiger partial charge is 0.264 e. The number of rotatable bonds is 3. The Kier molecular flexibility index (Phi) is 3.26. The summed E-state index contributed by atoms with van der Waals surface area (Å²) in [6, 6.07) is 7.98. The summed E-state index contributed by atoms with van der Waals surface area (Å²) in [5.41, 5.74) is 0. The molecule has 0 saturated carbocycles. The maximum Gasteiger partial charge on any atom is 0.264 e. The Morgan fingerprint density at radius 1 is 1.06 bits per heavy atom. The van der Waals surface area contributed by atoms with Gasteiger partial charge in [-0.2, -0.15) is 0 Å². The molecule has 1 heterocycles. The summed E-state index contributed by atoms with van der Waals surface area (Å²) < 4.78 is 26.0. The highest BCUT2D eigenvalue weighted by molar-refractivity contribution is 7.92. The molecule has 0 saturated heterocycles. The van der Waals surface area contributed by atoms with Crippen LogP contribution in [0.2, 0.25) is 5.02 Å². The van der Waals surface area contributed by atoms with Gasteiger partial charge in [-0.25, -0.2) is 23.1 Å². The second-order valence-electron chi connectivity index (χ2n) is 3.14. The van der Waals surface area contributed by atoms with Crippen LogP contribution in [0.5, 0.6) is 0 Å². The number of halogens is 1. The Hall–Kier alpha value is -1.66. The van der Waals surface area contributed by atoms with Gasteiger partial charge in [-0.05, 0) is 12.1 Å². The molecule has 5 nitrogen and oxygen atoms in total. The van der Waals surface area contributed by atoms with Crippen LogP contribution in [0.15, 0.2) is 47.6 Å². The van der Waals surface area contributed by atoms with Gasteiger partial charge >= 0.3 is 0 Å². The monoisotopic (exact) mass is 269 g/mol. The van der Waals surface area contributed by atoms with Gasteiger partial charge in [-0.15, -0.1) is 0 Å². The molecule has 7 heteroatoms. The lowest BCUT2D eigenvalue weighted by Gasteiger charge is -2.05. The Bertz CT molecular complexity index is 599. The first kappa shape index (κ1) is 11.8. The first-order valence-electron chi connectivity index (χ1n) is 4.63. The Labute approximate surface area is 104 Å². The molecule has 0 amide bonds. The van der Waals surface area contributed by atoms with Gasteiger partial charge in [0.2, 0.25) is 5.95 Å². The van der Waals surface area contributed by atoms with Crippen molar-refractivity contribution < 1.29 is 8.42 Å². The van der Waals surface area contributed by atoms with E-state index in [1.165, 1.54) is 24.5 Å². The molecule has 0 aliphatic heterocycles. The Morgan fingerprint density at radius 2 is 1.65 bits per heavy atom. The van der Waals surface area contributed by atoms with Gasteiger partial charge in [0.05, 0.1) is 22.3 Å². The van der Waals surface area contributed by atoms with E-state index in [0.29, 0.717) is 5.02 Å². The van der Waals surface area contributed by atoms with E-state index in [1.807, 2.05) is 0 Å². The first-order valence-corrected chi connectivity index (χ1v) is 6.49. The van der Waals surface area contributed by atoms with Gasteiger partial charge in [0.1, 0.15) is 0 Å². The molecule has 88 valence electrons. The first-order chi connectivity index (χ1) is 8.08. The summed E-state index contributed by atoms with van der Waals surface area (Å²) in [5, 5.41) is 0.340. The number of hydrogen-bond donors (Lipinski definition) is 1. The minimum atomic E-state index is -3.64. The van der Waals surface area contributed by atoms with Crippen LogP contribution < -0.4 is 4.72 Å². The summed E-state index contributed by atoms with van der Waals surface area (Å²) in [4.78, 5) is 7.66. The van der Waals surface area contributed by atoms with E-state index in [-0.39, 0.29) is 10.8 Å². The van der Waals surface area contributed by atoms with Crippen LogP contribution >= 0.6 is 11.6 Å². The Morgan fingerprint density at radius 3 is 2.24 bits per heavy atom. The van der Waals surface area contributed by atoms with E-state index in [9.17, 15) is 8.42 Å². The lowest BCUT2D eigenvalue weighted by Crippen LogP contribution is -2.14. The zero-order chi connectivity index (χ0) is 12.3. The van der Waals surface area contributed by atoms with Crippen LogP contribution in [0.3, 0.4) is 0 Å². The molecule has 0 atom stereocenters. The van der Waals surface area contributed by atoms with Crippen LogP contribution in [0, 0.1) is 0 Å². The second kappa shape index (κ2) is 4.68. The topological polar surface area (TPSA) is 72.0 Å². The van der Waals surface area contributed by atoms with Crippen molar-refractivity contribution in [2.75, 3.05) is 4.72 Å². The third kappa shape index (κ3) is 2.92. The van der Waals surface area contributed by atoms with Crippen LogP contribution in [0.25, 0.3) is 0 Å². The predicted octanol–water partition coefficient (Wildman–Crippen LogP) is 1.93. The van der Waals surface area contributed by atoms with E-state index in [1.54, 1.807) is 18.2 Å². The minimum Gasteiger partial charge on any atom is -0.247 e. The van der Waals surface area contributed by atoms with Gasteiger partial charge in [-0.1, -0.05) is 29.8 Å². The van der Waals surface area contributed by atoms with Crippen molar-refractivity contribution in [3.05, 3.63) is 47.7 Å². The third-order valence-corrected chi connectivity index (χ3v) is 3.44. The Balaban J connectivity index is 2.27.